The van der Waals surface area contributed by atoms with E-state index in [2.05, 4.69) is 127 Å². The fourth-order valence-electron chi connectivity index (χ4n) is 9.62. The van der Waals surface area contributed by atoms with E-state index in [1.54, 1.807) is 0 Å². The van der Waals surface area contributed by atoms with Crippen molar-refractivity contribution in [2.45, 2.75) is 0 Å². The van der Waals surface area contributed by atoms with E-state index in [1.165, 1.54) is 0 Å². The van der Waals surface area contributed by atoms with E-state index in [-0.39, 0.29) is 0 Å². The third-order valence-corrected chi connectivity index (χ3v) is 12.8. The number of aromatic nitrogens is 5. The number of furan rings is 2. The number of rotatable bonds is 5. The maximum Gasteiger partial charge on any atom is 0.164 e. The van der Waals surface area contributed by atoms with Gasteiger partial charge in [0.25, 0.3) is 0 Å². The third-order valence-electron chi connectivity index (χ3n) is 12.8. The van der Waals surface area contributed by atoms with Gasteiger partial charge in [0.15, 0.2) is 17.5 Å². The monoisotopic (exact) mass is 843 g/mol. The fraction of sp³-hybridized carbons (Fsp3) is 0. The van der Waals surface area contributed by atoms with Crippen molar-refractivity contribution in [2.75, 3.05) is 0 Å². The molecule has 7 heteroatoms. The molecule has 14 aromatic rings. The van der Waals surface area contributed by atoms with Crippen molar-refractivity contribution < 1.29 is 8.83 Å². The molecule has 7 nitrogen and oxygen atoms in total. The normalized spacial score (nSPS) is 11.9. The molecule has 306 valence electrons. The molecule has 0 spiro atoms. The highest BCUT2D eigenvalue weighted by Gasteiger charge is 2.20. The summed E-state index contributed by atoms with van der Waals surface area (Å²) >= 11 is 0. The Bertz CT molecular complexity index is 4050. The summed E-state index contributed by atoms with van der Waals surface area (Å²) in [6.45, 7) is 0. The topological polar surface area (TPSA) is 90.7 Å². The van der Waals surface area contributed by atoms with E-state index in [0.29, 0.717) is 17.5 Å². The highest BCUT2D eigenvalue weighted by molar-refractivity contribution is 6.12. The van der Waals surface area contributed by atoms with Crippen molar-refractivity contribution >= 4 is 87.5 Å². The first-order chi connectivity index (χ1) is 32.6. The maximum absolute atomic E-state index is 6.65. The molecule has 66 heavy (non-hydrogen) atoms. The van der Waals surface area contributed by atoms with Crippen LogP contribution in [0.5, 0.6) is 0 Å². The number of pyridine rings is 2. The van der Waals surface area contributed by atoms with Crippen molar-refractivity contribution in [1.82, 2.24) is 24.9 Å². The lowest BCUT2D eigenvalue weighted by Gasteiger charge is -2.13. The Labute approximate surface area is 376 Å². The summed E-state index contributed by atoms with van der Waals surface area (Å²) in [7, 11) is 0. The number of benzene rings is 9. The van der Waals surface area contributed by atoms with Gasteiger partial charge in [0, 0.05) is 70.9 Å². The van der Waals surface area contributed by atoms with Gasteiger partial charge in [-0.3, -0.25) is 0 Å². The molecule has 0 radical (unpaired) electrons. The smallest absolute Gasteiger partial charge is 0.164 e. The standard InChI is InChI=1S/C59H33N5O2/c1-5-19-49-34(11-1)27-40-29-36(23-25-51(40)60-49)57-62-58(37-24-26-52-41(30-37)28-35-12-2-6-20-50(35)61-52)64-59(63-57)42-32-38(43-15-9-17-47-45-13-3-7-21-53(45)65-55(43)47)31-39(33-42)44-16-10-18-48-46-14-4-8-22-54(46)66-56(44)48/h1-33H. The van der Waals surface area contributed by atoms with E-state index in [4.69, 9.17) is 33.8 Å². The summed E-state index contributed by atoms with van der Waals surface area (Å²) in [5.74, 6) is 1.63. The summed E-state index contributed by atoms with van der Waals surface area (Å²) in [5.41, 5.74) is 13.4. The van der Waals surface area contributed by atoms with Crippen molar-refractivity contribution in [3.05, 3.63) is 200 Å². The number of hydrogen-bond acceptors (Lipinski definition) is 7. The Morgan fingerprint density at radius 2 is 0.667 bits per heavy atom. The van der Waals surface area contributed by atoms with Crippen LogP contribution in [-0.2, 0) is 0 Å². The molecule has 14 rings (SSSR count). The van der Waals surface area contributed by atoms with Crippen LogP contribution in [0.15, 0.2) is 209 Å². The van der Waals surface area contributed by atoms with Gasteiger partial charge >= 0.3 is 0 Å². The molecule has 0 unspecified atom stereocenters. The second-order valence-corrected chi connectivity index (χ2v) is 16.8. The van der Waals surface area contributed by atoms with E-state index in [9.17, 15) is 0 Å². The first-order valence-electron chi connectivity index (χ1n) is 22.0. The summed E-state index contributed by atoms with van der Waals surface area (Å²) in [6.07, 6.45) is 0. The van der Waals surface area contributed by atoms with Crippen LogP contribution < -0.4 is 0 Å². The van der Waals surface area contributed by atoms with Crippen LogP contribution in [0.3, 0.4) is 0 Å². The van der Waals surface area contributed by atoms with Crippen LogP contribution in [0.1, 0.15) is 0 Å². The van der Waals surface area contributed by atoms with Crippen LogP contribution in [-0.4, -0.2) is 24.9 Å². The van der Waals surface area contributed by atoms with Gasteiger partial charge in [-0.05, 0) is 102 Å². The van der Waals surface area contributed by atoms with Crippen molar-refractivity contribution in [3.63, 3.8) is 0 Å². The maximum atomic E-state index is 6.65. The summed E-state index contributed by atoms with van der Waals surface area (Å²) in [6, 6.07) is 68.8. The highest BCUT2D eigenvalue weighted by atomic mass is 16.3. The molecular formula is C59H33N5O2. The zero-order valence-corrected chi connectivity index (χ0v) is 35.1. The lowest BCUT2D eigenvalue weighted by molar-refractivity contribution is 0.670. The Kier molecular flexibility index (Phi) is 7.85. The lowest BCUT2D eigenvalue weighted by Crippen LogP contribution is -2.01. The summed E-state index contributed by atoms with van der Waals surface area (Å²) in [5, 5.41) is 8.39. The Morgan fingerprint density at radius 3 is 1.18 bits per heavy atom. The summed E-state index contributed by atoms with van der Waals surface area (Å²) in [4.78, 5) is 25.8. The van der Waals surface area contributed by atoms with Crippen LogP contribution in [0.25, 0.3) is 144 Å². The molecule has 0 aliphatic carbocycles. The number of nitrogens with zero attached hydrogens (tertiary/aromatic N) is 5. The average molecular weight is 844 g/mol. The van der Waals surface area contributed by atoms with Crippen molar-refractivity contribution in [2.24, 2.45) is 0 Å². The van der Waals surface area contributed by atoms with E-state index >= 15 is 0 Å². The second-order valence-electron chi connectivity index (χ2n) is 16.8. The molecule has 5 heterocycles. The zero-order valence-electron chi connectivity index (χ0n) is 35.1. The Hall–Kier alpha value is -9.07. The van der Waals surface area contributed by atoms with Gasteiger partial charge in [0.05, 0.1) is 22.1 Å². The first kappa shape index (κ1) is 36.4. The number of hydrogen-bond donors (Lipinski definition) is 0. The van der Waals surface area contributed by atoms with Gasteiger partial charge in [-0.25, -0.2) is 24.9 Å². The second kappa shape index (κ2) is 14.2. The number of para-hydroxylation sites is 6. The molecule has 0 N–H and O–H groups in total. The fourth-order valence-corrected chi connectivity index (χ4v) is 9.62. The molecule has 0 bridgehead atoms. The molecule has 5 aromatic heterocycles. The van der Waals surface area contributed by atoms with Gasteiger partial charge in [0.2, 0.25) is 0 Å². The van der Waals surface area contributed by atoms with E-state index in [0.717, 1.165) is 126 Å². The van der Waals surface area contributed by atoms with Gasteiger partial charge < -0.3 is 8.83 Å². The molecule has 0 aliphatic rings. The largest absolute Gasteiger partial charge is 0.455 e. The molecule has 0 aliphatic heterocycles. The van der Waals surface area contributed by atoms with Crippen molar-refractivity contribution in [1.29, 1.82) is 0 Å². The minimum absolute atomic E-state index is 0.528. The average Bonchev–Trinajstić information content (AvgIpc) is 3.96. The molecule has 0 saturated heterocycles. The zero-order chi connectivity index (χ0) is 43.3. The van der Waals surface area contributed by atoms with Crippen LogP contribution in [0.2, 0.25) is 0 Å². The van der Waals surface area contributed by atoms with Crippen LogP contribution in [0, 0.1) is 0 Å². The quantitative estimate of drug-likeness (QED) is 0.159. The van der Waals surface area contributed by atoms with E-state index in [1.807, 2.05) is 72.8 Å². The Morgan fingerprint density at radius 1 is 0.258 bits per heavy atom. The predicted molar refractivity (Wildman–Crippen MR) is 267 cm³/mol. The van der Waals surface area contributed by atoms with E-state index < -0.39 is 0 Å². The molecule has 9 aromatic carbocycles. The molecule has 0 saturated carbocycles. The SMILES string of the molecule is c1ccc2nc3ccc(-c4nc(-c5cc(-c6cccc7c6oc6ccccc67)cc(-c6cccc7c6oc6ccccc67)c5)nc(-c5ccc6nc7ccccc7cc6c5)n4)cc3cc2c1. The minimum Gasteiger partial charge on any atom is -0.455 e. The van der Waals surface area contributed by atoms with Gasteiger partial charge in [-0.1, -0.05) is 109 Å². The van der Waals surface area contributed by atoms with Crippen molar-refractivity contribution in [3.8, 4) is 56.4 Å². The predicted octanol–water partition coefficient (Wildman–Crippen LogP) is 15.4. The molecule has 0 amide bonds. The number of fused-ring (bicyclic) bond motifs is 10. The lowest BCUT2D eigenvalue weighted by atomic mass is 9.94. The minimum atomic E-state index is 0.528. The molecular weight excluding hydrogens is 811 g/mol. The third kappa shape index (κ3) is 5.87. The van der Waals surface area contributed by atoms with Crippen LogP contribution >= 0.6 is 0 Å². The molecule has 0 atom stereocenters. The first-order valence-corrected chi connectivity index (χ1v) is 22.0. The van der Waals surface area contributed by atoms with Gasteiger partial charge in [0.1, 0.15) is 22.3 Å². The van der Waals surface area contributed by atoms with Gasteiger partial charge in [-0.2, -0.15) is 0 Å². The summed E-state index contributed by atoms with van der Waals surface area (Å²) < 4.78 is 13.3. The Balaban J connectivity index is 1.03. The van der Waals surface area contributed by atoms with Crippen LogP contribution in [0.4, 0.5) is 0 Å². The highest BCUT2D eigenvalue weighted by Crippen LogP contribution is 2.42. The van der Waals surface area contributed by atoms with Gasteiger partial charge in [-0.15, -0.1) is 0 Å². The molecule has 0 fully saturated rings.